The topological polar surface area (TPSA) is 143 Å². The van der Waals surface area contributed by atoms with Gasteiger partial charge in [-0.1, -0.05) is 0 Å². The number of nitrogens with one attached hydrogen (secondary N) is 2. The summed E-state index contributed by atoms with van der Waals surface area (Å²) in [7, 11) is 0. The summed E-state index contributed by atoms with van der Waals surface area (Å²) in [5, 5.41) is 3.97. The molecule has 5 heterocycles. The van der Waals surface area contributed by atoms with E-state index in [-0.39, 0.29) is 24.3 Å². The van der Waals surface area contributed by atoms with Crippen LogP contribution in [0.5, 0.6) is 0 Å². The van der Waals surface area contributed by atoms with Crippen LogP contribution in [0.1, 0.15) is 29.5 Å². The molecule has 172 valence electrons. The molecule has 4 aromatic heterocycles. The molecule has 0 saturated heterocycles. The molecule has 1 aliphatic heterocycles. The molecular formula is C19H17F3N8O3. The van der Waals surface area contributed by atoms with Crippen LogP contribution in [0.25, 0.3) is 5.78 Å². The largest absolute Gasteiger partial charge is 0.463 e. The second-order valence-electron chi connectivity index (χ2n) is 7.47. The Balaban J connectivity index is 1.56. The summed E-state index contributed by atoms with van der Waals surface area (Å²) >= 11 is 0. The van der Waals surface area contributed by atoms with Gasteiger partial charge in [0.25, 0.3) is 5.56 Å². The number of pyridine rings is 1. The SMILES string of the molecule is CC1N=C(c2ccco2)c2c(nc3n(CCc4cc(C(F)(F)F)c[nH]c4=O)c(=O)[nH]n23)N1N. The van der Waals surface area contributed by atoms with E-state index in [0.29, 0.717) is 29.2 Å². The third-order valence-corrected chi connectivity index (χ3v) is 5.39. The van der Waals surface area contributed by atoms with E-state index in [1.54, 1.807) is 19.1 Å². The smallest absolute Gasteiger partial charge is 0.417 e. The fourth-order valence-electron chi connectivity index (χ4n) is 3.72. The normalized spacial score (nSPS) is 16.3. The summed E-state index contributed by atoms with van der Waals surface area (Å²) < 4.78 is 47.1. The number of halogens is 3. The van der Waals surface area contributed by atoms with E-state index in [1.165, 1.54) is 20.4 Å². The predicted octanol–water partition coefficient (Wildman–Crippen LogP) is 1.24. The maximum Gasteiger partial charge on any atom is 0.417 e. The van der Waals surface area contributed by atoms with Crippen molar-refractivity contribution in [3.05, 3.63) is 74.1 Å². The first kappa shape index (κ1) is 20.8. The number of nitrogens with zero attached hydrogens (tertiary/aromatic N) is 5. The third kappa shape index (κ3) is 3.34. The van der Waals surface area contributed by atoms with Gasteiger partial charge in [0.15, 0.2) is 11.6 Å². The molecule has 0 amide bonds. The average Bonchev–Trinajstić information content (AvgIpc) is 3.46. The Morgan fingerprint density at radius 3 is 2.79 bits per heavy atom. The zero-order chi connectivity index (χ0) is 23.5. The average molecular weight is 462 g/mol. The first-order valence-electron chi connectivity index (χ1n) is 9.81. The lowest BCUT2D eigenvalue weighted by Gasteiger charge is -2.26. The Hall–Kier alpha value is -4.07. The van der Waals surface area contributed by atoms with E-state index < -0.39 is 29.2 Å². The number of rotatable bonds is 4. The van der Waals surface area contributed by atoms with Crippen LogP contribution in [0.15, 0.2) is 49.7 Å². The van der Waals surface area contributed by atoms with E-state index in [0.717, 1.165) is 6.07 Å². The second-order valence-corrected chi connectivity index (χ2v) is 7.47. The fourth-order valence-corrected chi connectivity index (χ4v) is 3.72. The Morgan fingerprint density at radius 1 is 1.30 bits per heavy atom. The lowest BCUT2D eigenvalue weighted by molar-refractivity contribution is -0.137. The number of anilines is 1. The van der Waals surface area contributed by atoms with Gasteiger partial charge in [0.2, 0.25) is 5.78 Å². The van der Waals surface area contributed by atoms with Crippen LogP contribution in [0.3, 0.4) is 0 Å². The summed E-state index contributed by atoms with van der Waals surface area (Å²) in [4.78, 5) is 35.7. The monoisotopic (exact) mass is 462 g/mol. The van der Waals surface area contributed by atoms with Crippen molar-refractivity contribution < 1.29 is 17.6 Å². The van der Waals surface area contributed by atoms with E-state index >= 15 is 0 Å². The van der Waals surface area contributed by atoms with Crippen molar-refractivity contribution in [3.63, 3.8) is 0 Å². The molecule has 0 bridgehead atoms. The number of H-pyrrole nitrogens is 2. The number of alkyl halides is 3. The highest BCUT2D eigenvalue weighted by atomic mass is 19.4. The van der Waals surface area contributed by atoms with Crippen molar-refractivity contribution >= 4 is 17.3 Å². The number of hydrogen-bond acceptors (Lipinski definition) is 7. The van der Waals surface area contributed by atoms with Gasteiger partial charge >= 0.3 is 11.9 Å². The van der Waals surface area contributed by atoms with E-state index in [4.69, 9.17) is 10.3 Å². The maximum absolute atomic E-state index is 13.0. The summed E-state index contributed by atoms with van der Waals surface area (Å²) in [6.45, 7) is 1.66. The van der Waals surface area contributed by atoms with E-state index in [9.17, 15) is 22.8 Å². The number of hydrazine groups is 1. The van der Waals surface area contributed by atoms with Crippen molar-refractivity contribution in [3.8, 4) is 0 Å². The zero-order valence-corrected chi connectivity index (χ0v) is 17.1. The molecule has 4 aromatic rings. The standard InChI is InChI=1S/C19H17F3N8O3/c1-9-25-13(12-3-2-6-33-12)14-15(29(9)23)26-17-28(18(32)27-30(14)17)5-4-10-7-11(19(20,21)22)8-24-16(10)31/h2-3,6-9H,4-5,23H2,1H3,(H,24,31)(H,27,32). The molecule has 0 aliphatic carbocycles. The van der Waals surface area contributed by atoms with Crippen molar-refractivity contribution in [2.45, 2.75) is 32.2 Å². The van der Waals surface area contributed by atoms with Gasteiger partial charge in [0.1, 0.15) is 17.6 Å². The highest BCUT2D eigenvalue weighted by Crippen LogP contribution is 2.30. The fraction of sp³-hybridized carbons (Fsp3) is 0.263. The number of aryl methyl sites for hydroxylation is 2. The van der Waals surface area contributed by atoms with E-state index in [2.05, 4.69) is 20.1 Å². The molecule has 14 heteroatoms. The molecule has 0 spiro atoms. The number of aromatic nitrogens is 5. The number of imidazole rings is 1. The van der Waals surface area contributed by atoms with Gasteiger partial charge < -0.3 is 9.40 Å². The summed E-state index contributed by atoms with van der Waals surface area (Å²) in [6.07, 6.45) is -3.12. The Bertz CT molecular complexity index is 1490. The van der Waals surface area contributed by atoms with Gasteiger partial charge in [-0.3, -0.25) is 19.4 Å². The first-order valence-corrected chi connectivity index (χ1v) is 9.81. The van der Waals surface area contributed by atoms with Crippen LogP contribution in [-0.2, 0) is 19.1 Å². The summed E-state index contributed by atoms with van der Waals surface area (Å²) in [5.41, 5.74) is -1.50. The first-order chi connectivity index (χ1) is 15.6. The second kappa shape index (κ2) is 7.23. The van der Waals surface area contributed by atoms with Crippen LogP contribution in [0, 0.1) is 0 Å². The minimum absolute atomic E-state index is 0.0977. The maximum atomic E-state index is 13.0. The van der Waals surface area contributed by atoms with Crippen LogP contribution in [-0.4, -0.2) is 36.0 Å². The van der Waals surface area contributed by atoms with E-state index in [1.807, 2.05) is 0 Å². The van der Waals surface area contributed by atoms with Gasteiger partial charge in [0, 0.05) is 18.3 Å². The Kier molecular flexibility index (Phi) is 4.56. The number of aliphatic imine (C=N–C) groups is 1. The van der Waals surface area contributed by atoms with Gasteiger partial charge in [-0.25, -0.2) is 20.3 Å². The van der Waals surface area contributed by atoms with Crippen LogP contribution in [0.2, 0.25) is 0 Å². The predicted molar refractivity (Wildman–Crippen MR) is 110 cm³/mol. The van der Waals surface area contributed by atoms with Crippen LogP contribution in [0.4, 0.5) is 19.0 Å². The third-order valence-electron chi connectivity index (χ3n) is 5.39. The number of furan rings is 1. The number of fused-ring (bicyclic) bond motifs is 3. The van der Waals surface area contributed by atoms with Crippen molar-refractivity contribution in [1.29, 1.82) is 0 Å². The minimum Gasteiger partial charge on any atom is -0.463 e. The quantitative estimate of drug-likeness (QED) is 0.390. The van der Waals surface area contributed by atoms with Crippen molar-refractivity contribution in [2.24, 2.45) is 10.8 Å². The summed E-state index contributed by atoms with van der Waals surface area (Å²) in [5.74, 6) is 7.07. The minimum atomic E-state index is -4.61. The molecule has 1 aliphatic rings. The zero-order valence-electron chi connectivity index (χ0n) is 17.1. The lowest BCUT2D eigenvalue weighted by Crippen LogP contribution is -2.43. The number of aromatic amines is 2. The number of hydrogen-bond donors (Lipinski definition) is 3. The van der Waals surface area contributed by atoms with Crippen LogP contribution < -0.4 is 22.1 Å². The Morgan fingerprint density at radius 2 is 2.09 bits per heavy atom. The molecule has 5 rings (SSSR count). The molecule has 1 atom stereocenters. The van der Waals surface area contributed by atoms with Crippen molar-refractivity contribution in [2.75, 3.05) is 5.01 Å². The van der Waals surface area contributed by atoms with Crippen molar-refractivity contribution in [1.82, 2.24) is 24.1 Å². The molecule has 1 unspecified atom stereocenters. The van der Waals surface area contributed by atoms with Crippen LogP contribution >= 0.6 is 0 Å². The lowest BCUT2D eigenvalue weighted by atomic mass is 10.1. The van der Waals surface area contributed by atoms with Gasteiger partial charge in [0.05, 0.1) is 11.8 Å². The van der Waals surface area contributed by atoms with Gasteiger partial charge in [-0.2, -0.15) is 18.2 Å². The highest BCUT2D eigenvalue weighted by molar-refractivity contribution is 6.14. The molecule has 0 saturated carbocycles. The molecule has 0 fully saturated rings. The summed E-state index contributed by atoms with van der Waals surface area (Å²) in [6, 6.07) is 4.17. The number of nitrogens with two attached hydrogens (primary N) is 1. The molecule has 11 nitrogen and oxygen atoms in total. The molecular weight excluding hydrogens is 445 g/mol. The highest BCUT2D eigenvalue weighted by Gasteiger charge is 2.33. The van der Waals surface area contributed by atoms with Gasteiger partial charge in [-0.15, -0.1) is 0 Å². The molecule has 0 aromatic carbocycles. The molecule has 0 radical (unpaired) electrons. The Labute approximate surface area is 181 Å². The van der Waals surface area contributed by atoms with Gasteiger partial charge in [-0.05, 0) is 31.5 Å². The molecule has 33 heavy (non-hydrogen) atoms. The molecule has 4 N–H and O–H groups in total.